The van der Waals surface area contributed by atoms with Gasteiger partial charge in [-0.2, -0.15) is 0 Å². The molecule has 29 heavy (non-hydrogen) atoms. The maximum absolute atomic E-state index is 13.0. The number of amides is 2. The minimum Gasteiger partial charge on any atom is -0.468 e. The van der Waals surface area contributed by atoms with Gasteiger partial charge >= 0.3 is 5.97 Å². The molecule has 2 N–H and O–H groups in total. The highest BCUT2D eigenvalue weighted by molar-refractivity contribution is 6.30. The van der Waals surface area contributed by atoms with Crippen molar-refractivity contribution in [2.24, 2.45) is 0 Å². The SMILES string of the molecule is COC(=O)CN1C(=O)C(NC(=O)c2cc3cc(Cl)ncc3[nH]2)Cc2cnccc21. The van der Waals surface area contributed by atoms with Crippen molar-refractivity contribution in [2.75, 3.05) is 18.6 Å². The topological polar surface area (TPSA) is 117 Å². The number of nitrogens with one attached hydrogen (secondary N) is 2. The largest absolute Gasteiger partial charge is 0.468 e. The van der Waals surface area contributed by atoms with Crippen molar-refractivity contribution in [1.29, 1.82) is 0 Å². The first-order chi connectivity index (χ1) is 14.0. The van der Waals surface area contributed by atoms with Gasteiger partial charge in [0.15, 0.2) is 0 Å². The quantitative estimate of drug-likeness (QED) is 0.494. The predicted octanol–water partition coefficient (Wildman–Crippen LogP) is 1.47. The Labute approximate surface area is 170 Å². The molecule has 1 aliphatic rings. The van der Waals surface area contributed by atoms with E-state index in [0.29, 0.717) is 16.4 Å². The zero-order chi connectivity index (χ0) is 20.5. The number of methoxy groups -OCH3 is 1. The number of carbonyl (C=O) groups excluding carboxylic acids is 3. The van der Waals surface area contributed by atoms with Gasteiger partial charge in [-0.1, -0.05) is 11.6 Å². The highest BCUT2D eigenvalue weighted by atomic mass is 35.5. The number of ether oxygens (including phenoxy) is 1. The van der Waals surface area contributed by atoms with E-state index in [1.165, 1.54) is 18.2 Å². The van der Waals surface area contributed by atoms with Gasteiger partial charge in [0, 0.05) is 24.2 Å². The molecule has 0 aliphatic carbocycles. The number of halogens is 1. The van der Waals surface area contributed by atoms with Crippen LogP contribution in [0.3, 0.4) is 0 Å². The van der Waals surface area contributed by atoms with Crippen LogP contribution in [0.15, 0.2) is 36.8 Å². The van der Waals surface area contributed by atoms with Crippen molar-refractivity contribution in [1.82, 2.24) is 20.3 Å². The summed E-state index contributed by atoms with van der Waals surface area (Å²) in [5.74, 6) is -1.42. The summed E-state index contributed by atoms with van der Waals surface area (Å²) >= 11 is 5.88. The maximum Gasteiger partial charge on any atom is 0.325 e. The van der Waals surface area contributed by atoms with E-state index in [-0.39, 0.29) is 18.7 Å². The number of fused-ring (bicyclic) bond motifs is 2. The Balaban J connectivity index is 1.59. The van der Waals surface area contributed by atoms with Crippen LogP contribution in [0.2, 0.25) is 5.15 Å². The van der Waals surface area contributed by atoms with Crippen LogP contribution in [0.4, 0.5) is 5.69 Å². The molecule has 0 saturated carbocycles. The second-order valence-electron chi connectivity index (χ2n) is 6.51. The summed E-state index contributed by atoms with van der Waals surface area (Å²) in [6.45, 7) is -0.255. The Morgan fingerprint density at radius 3 is 3.00 bits per heavy atom. The Morgan fingerprint density at radius 2 is 2.21 bits per heavy atom. The first-order valence-corrected chi connectivity index (χ1v) is 9.10. The van der Waals surface area contributed by atoms with Crippen molar-refractivity contribution in [3.8, 4) is 0 Å². The van der Waals surface area contributed by atoms with Crippen molar-refractivity contribution >= 4 is 46.0 Å². The van der Waals surface area contributed by atoms with E-state index >= 15 is 0 Å². The number of pyridine rings is 2. The third-order valence-corrected chi connectivity index (χ3v) is 4.90. The van der Waals surface area contributed by atoms with Crippen LogP contribution < -0.4 is 10.2 Å². The van der Waals surface area contributed by atoms with Crippen LogP contribution in [-0.2, 0) is 20.7 Å². The lowest BCUT2D eigenvalue weighted by Crippen LogP contribution is -2.54. The van der Waals surface area contributed by atoms with Gasteiger partial charge in [-0.25, -0.2) is 4.98 Å². The predicted molar refractivity (Wildman–Crippen MR) is 105 cm³/mol. The summed E-state index contributed by atoms with van der Waals surface area (Å²) < 4.78 is 4.69. The molecule has 3 aromatic heterocycles. The Hall–Kier alpha value is -3.46. The standard InChI is InChI=1S/C19H16ClN5O4/c1-29-17(26)9-25-15-2-3-21-7-11(15)5-13(19(25)28)24-18(27)12-4-10-6-16(20)22-8-14(10)23-12/h2-4,6-8,13,23H,5,9H2,1H3,(H,24,27). The number of esters is 1. The normalized spacial score (nSPS) is 15.9. The minimum atomic E-state index is -0.850. The van der Waals surface area contributed by atoms with E-state index in [9.17, 15) is 14.4 Å². The number of carbonyl (C=O) groups is 3. The number of anilines is 1. The summed E-state index contributed by atoms with van der Waals surface area (Å²) in [4.78, 5) is 49.8. The van der Waals surface area contributed by atoms with Crippen molar-refractivity contribution in [3.63, 3.8) is 0 Å². The maximum atomic E-state index is 13.0. The van der Waals surface area contributed by atoms with E-state index < -0.39 is 23.8 Å². The third kappa shape index (κ3) is 3.64. The van der Waals surface area contributed by atoms with Gasteiger partial charge in [0.2, 0.25) is 5.91 Å². The average Bonchev–Trinajstić information content (AvgIpc) is 3.14. The molecule has 2 amide bonds. The van der Waals surface area contributed by atoms with Crippen LogP contribution in [0, 0.1) is 0 Å². The number of rotatable bonds is 4. The van der Waals surface area contributed by atoms with Crippen LogP contribution in [-0.4, -0.2) is 52.4 Å². The monoisotopic (exact) mass is 413 g/mol. The number of aromatic amines is 1. The fraction of sp³-hybridized carbons (Fsp3) is 0.211. The molecule has 1 unspecified atom stereocenters. The molecule has 148 valence electrons. The van der Waals surface area contributed by atoms with Gasteiger partial charge in [-0.3, -0.25) is 24.3 Å². The molecule has 0 radical (unpaired) electrons. The number of aromatic nitrogens is 3. The van der Waals surface area contributed by atoms with Gasteiger partial charge in [0.1, 0.15) is 23.4 Å². The van der Waals surface area contributed by atoms with E-state index in [1.807, 2.05) is 0 Å². The van der Waals surface area contributed by atoms with E-state index in [0.717, 1.165) is 10.9 Å². The first-order valence-electron chi connectivity index (χ1n) is 8.72. The Morgan fingerprint density at radius 1 is 1.38 bits per heavy atom. The molecular formula is C19H16ClN5O4. The lowest BCUT2D eigenvalue weighted by molar-refractivity contribution is -0.140. The summed E-state index contributed by atoms with van der Waals surface area (Å²) in [7, 11) is 1.25. The molecule has 4 rings (SSSR count). The van der Waals surface area contributed by atoms with Crippen molar-refractivity contribution < 1.29 is 19.1 Å². The van der Waals surface area contributed by atoms with Crippen molar-refractivity contribution in [2.45, 2.75) is 12.5 Å². The van der Waals surface area contributed by atoms with Crippen LogP contribution in [0.1, 0.15) is 16.1 Å². The summed E-state index contributed by atoms with van der Waals surface area (Å²) in [5, 5.41) is 3.77. The molecule has 0 saturated heterocycles. The number of hydrogen-bond donors (Lipinski definition) is 2. The Kier molecular flexibility index (Phi) is 4.89. The molecule has 1 aliphatic heterocycles. The third-order valence-electron chi connectivity index (χ3n) is 4.69. The summed E-state index contributed by atoms with van der Waals surface area (Å²) in [5.41, 5.74) is 2.24. The lowest BCUT2D eigenvalue weighted by atomic mass is 9.98. The zero-order valence-electron chi connectivity index (χ0n) is 15.3. The minimum absolute atomic E-state index is 0.255. The van der Waals surface area contributed by atoms with E-state index in [1.54, 1.807) is 30.6 Å². The fourth-order valence-corrected chi connectivity index (χ4v) is 3.45. The molecule has 0 bridgehead atoms. The molecule has 0 aromatic carbocycles. The van der Waals surface area contributed by atoms with Gasteiger partial charge in [0.25, 0.3) is 5.91 Å². The average molecular weight is 414 g/mol. The number of hydrogen-bond acceptors (Lipinski definition) is 6. The van der Waals surface area contributed by atoms with Gasteiger partial charge in [0.05, 0.1) is 24.5 Å². The summed E-state index contributed by atoms with van der Waals surface area (Å²) in [6, 6.07) is 4.07. The molecule has 0 spiro atoms. The molecule has 0 fully saturated rings. The van der Waals surface area contributed by atoms with Crippen LogP contribution in [0.25, 0.3) is 10.9 Å². The van der Waals surface area contributed by atoms with Crippen LogP contribution >= 0.6 is 11.6 Å². The second-order valence-corrected chi connectivity index (χ2v) is 6.90. The lowest BCUT2D eigenvalue weighted by Gasteiger charge is -2.33. The molecule has 10 heteroatoms. The van der Waals surface area contributed by atoms with E-state index in [4.69, 9.17) is 11.6 Å². The molecule has 3 aromatic rings. The highest BCUT2D eigenvalue weighted by Gasteiger charge is 2.35. The zero-order valence-corrected chi connectivity index (χ0v) is 16.1. The number of nitrogens with zero attached hydrogens (tertiary/aromatic N) is 3. The molecule has 9 nitrogen and oxygen atoms in total. The van der Waals surface area contributed by atoms with Crippen molar-refractivity contribution in [3.05, 3.63) is 53.2 Å². The number of H-pyrrole nitrogens is 1. The second kappa shape index (κ2) is 7.51. The highest BCUT2D eigenvalue weighted by Crippen LogP contribution is 2.27. The molecule has 4 heterocycles. The smallest absolute Gasteiger partial charge is 0.325 e. The first kappa shape index (κ1) is 18.9. The summed E-state index contributed by atoms with van der Waals surface area (Å²) in [6.07, 6.45) is 4.94. The van der Waals surface area contributed by atoms with Gasteiger partial charge in [-0.05, 0) is 23.8 Å². The van der Waals surface area contributed by atoms with E-state index in [2.05, 4.69) is 25.0 Å². The van der Waals surface area contributed by atoms with Crippen LogP contribution in [0.5, 0.6) is 0 Å². The van der Waals surface area contributed by atoms with Gasteiger partial charge in [-0.15, -0.1) is 0 Å². The molecule has 1 atom stereocenters. The van der Waals surface area contributed by atoms with Gasteiger partial charge < -0.3 is 15.0 Å². The molecular weight excluding hydrogens is 398 g/mol. The Bertz CT molecular complexity index is 1130. The fourth-order valence-electron chi connectivity index (χ4n) is 3.29.